The van der Waals surface area contributed by atoms with E-state index in [9.17, 15) is 15.0 Å². The first kappa shape index (κ1) is 13.3. The average molecular weight is 275 g/mol. The van der Waals surface area contributed by atoms with E-state index in [1.54, 1.807) is 5.48 Å². The molecule has 100 valence electrons. The van der Waals surface area contributed by atoms with Crippen LogP contribution < -0.4 is 11.2 Å². The van der Waals surface area contributed by atoms with Crippen LogP contribution in [0.1, 0.15) is 5.37 Å². The van der Waals surface area contributed by atoms with Crippen molar-refractivity contribution >= 4 is 17.6 Å². The van der Waals surface area contributed by atoms with Crippen LogP contribution in [0.3, 0.4) is 0 Å². The summed E-state index contributed by atoms with van der Waals surface area (Å²) >= 11 is 1.10. The normalized spacial score (nSPS) is 31.6. The number of hydrogen-bond donors (Lipinski definition) is 5. The molecule has 2 heterocycles. The first-order valence-corrected chi connectivity index (χ1v) is 6.14. The lowest BCUT2D eigenvalue weighted by molar-refractivity contribution is 0.0101. The first-order chi connectivity index (χ1) is 8.58. The van der Waals surface area contributed by atoms with Crippen LogP contribution in [0.25, 0.3) is 0 Å². The first-order valence-electron chi connectivity index (χ1n) is 5.20. The Morgan fingerprint density at radius 3 is 2.67 bits per heavy atom. The van der Waals surface area contributed by atoms with Gasteiger partial charge in [0, 0.05) is 6.20 Å². The molecule has 1 saturated heterocycles. The summed E-state index contributed by atoms with van der Waals surface area (Å²) in [6.45, 7) is -0.294. The Hall–Kier alpha value is -1.13. The van der Waals surface area contributed by atoms with Gasteiger partial charge in [-0.1, -0.05) is 0 Å². The number of aliphatic hydroxyl groups excluding tert-OH is 3. The van der Waals surface area contributed by atoms with Crippen LogP contribution in [0.4, 0.5) is 5.82 Å². The minimum Gasteiger partial charge on any atom is -0.395 e. The second-order valence-corrected chi connectivity index (χ2v) is 5.20. The minimum absolute atomic E-state index is 0.00649. The second kappa shape index (κ2) is 5.24. The van der Waals surface area contributed by atoms with Gasteiger partial charge in [-0.2, -0.15) is 4.98 Å². The molecule has 4 atom stereocenters. The Bertz CT molecular complexity index is 482. The fourth-order valence-corrected chi connectivity index (χ4v) is 3.16. The fraction of sp³-hybridized carbons (Fsp3) is 0.556. The molecule has 0 unspecified atom stereocenters. The van der Waals surface area contributed by atoms with Gasteiger partial charge in [0.15, 0.2) is 5.82 Å². The third-order valence-corrected chi connectivity index (χ3v) is 4.30. The smallest absolute Gasteiger partial charge is 0.350 e. The van der Waals surface area contributed by atoms with Gasteiger partial charge in [-0.05, 0) is 6.07 Å². The molecule has 2 rings (SSSR count). The van der Waals surface area contributed by atoms with Gasteiger partial charge in [-0.25, -0.2) is 4.79 Å². The zero-order valence-electron chi connectivity index (χ0n) is 9.17. The molecule has 0 radical (unpaired) electrons. The predicted molar refractivity (Wildman–Crippen MR) is 63.4 cm³/mol. The molecule has 1 fully saturated rings. The van der Waals surface area contributed by atoms with E-state index in [0.29, 0.717) is 0 Å². The number of thioether (sulfide) groups is 1. The van der Waals surface area contributed by atoms with Gasteiger partial charge in [0.2, 0.25) is 0 Å². The minimum atomic E-state index is -1.17. The molecular weight excluding hydrogens is 262 g/mol. The monoisotopic (exact) mass is 275 g/mol. The fourth-order valence-electron chi connectivity index (χ4n) is 1.78. The molecular formula is C9H13N3O5S. The highest BCUT2D eigenvalue weighted by Crippen LogP contribution is 2.40. The lowest BCUT2D eigenvalue weighted by Gasteiger charge is -2.17. The van der Waals surface area contributed by atoms with Crippen molar-refractivity contribution < 1.29 is 20.5 Å². The Balaban J connectivity index is 2.30. The van der Waals surface area contributed by atoms with Crippen molar-refractivity contribution in [2.45, 2.75) is 22.8 Å². The van der Waals surface area contributed by atoms with Crippen molar-refractivity contribution in [2.75, 3.05) is 12.1 Å². The van der Waals surface area contributed by atoms with Crippen molar-refractivity contribution in [3.05, 3.63) is 22.7 Å². The summed E-state index contributed by atoms with van der Waals surface area (Å²) in [7, 11) is 0. The summed E-state index contributed by atoms with van der Waals surface area (Å²) in [4.78, 5) is 15.2. The predicted octanol–water partition coefficient (Wildman–Crippen LogP) is -1.63. The highest BCUT2D eigenvalue weighted by Gasteiger charge is 2.43. The van der Waals surface area contributed by atoms with Gasteiger partial charge >= 0.3 is 5.69 Å². The summed E-state index contributed by atoms with van der Waals surface area (Å²) in [5.41, 5.74) is 1.07. The zero-order chi connectivity index (χ0) is 13.3. The van der Waals surface area contributed by atoms with Gasteiger partial charge in [-0.15, -0.1) is 11.8 Å². The molecule has 1 aliphatic heterocycles. The molecule has 18 heavy (non-hydrogen) atoms. The Morgan fingerprint density at radius 1 is 1.44 bits per heavy atom. The van der Waals surface area contributed by atoms with E-state index in [4.69, 9.17) is 10.3 Å². The third-order valence-electron chi connectivity index (χ3n) is 2.74. The van der Waals surface area contributed by atoms with E-state index in [-0.39, 0.29) is 12.4 Å². The maximum atomic E-state index is 11.7. The van der Waals surface area contributed by atoms with E-state index in [2.05, 4.69) is 4.98 Å². The molecule has 0 saturated carbocycles. The van der Waals surface area contributed by atoms with Crippen LogP contribution in [0.2, 0.25) is 0 Å². The summed E-state index contributed by atoms with van der Waals surface area (Å²) in [5, 5.41) is 35.9. The number of rotatable bonds is 3. The lowest BCUT2D eigenvalue weighted by Crippen LogP contribution is -2.35. The number of hydrogen-bond acceptors (Lipinski definition) is 8. The van der Waals surface area contributed by atoms with Gasteiger partial charge in [0.05, 0.1) is 18.0 Å². The molecule has 0 aromatic carbocycles. The van der Waals surface area contributed by atoms with E-state index in [1.165, 1.54) is 12.3 Å². The highest BCUT2D eigenvalue weighted by atomic mass is 32.2. The SMILES string of the molecule is O=c1nc(NO)ccn1[C@@H]1S[C@H](CO)[C@H](O)[C@@H]1O. The van der Waals surface area contributed by atoms with Crippen LogP contribution in [0.15, 0.2) is 17.1 Å². The van der Waals surface area contributed by atoms with Crippen molar-refractivity contribution in [1.82, 2.24) is 9.55 Å². The van der Waals surface area contributed by atoms with Crippen LogP contribution >= 0.6 is 11.8 Å². The molecule has 0 aliphatic carbocycles. The summed E-state index contributed by atoms with van der Waals surface area (Å²) < 4.78 is 1.15. The Kier molecular flexibility index (Phi) is 3.88. The maximum Gasteiger partial charge on any atom is 0.350 e. The van der Waals surface area contributed by atoms with Gasteiger partial charge in [-0.3, -0.25) is 15.3 Å². The third kappa shape index (κ3) is 2.22. The van der Waals surface area contributed by atoms with E-state index in [0.717, 1.165) is 16.3 Å². The lowest BCUT2D eigenvalue weighted by atomic mass is 10.1. The second-order valence-electron chi connectivity index (χ2n) is 3.84. The highest BCUT2D eigenvalue weighted by molar-refractivity contribution is 8.00. The average Bonchev–Trinajstić information content (AvgIpc) is 2.66. The van der Waals surface area contributed by atoms with Crippen LogP contribution in [-0.4, -0.2) is 54.1 Å². The van der Waals surface area contributed by atoms with Gasteiger partial charge in [0.25, 0.3) is 0 Å². The van der Waals surface area contributed by atoms with Crippen LogP contribution in [0, 0.1) is 0 Å². The number of nitrogens with zero attached hydrogens (tertiary/aromatic N) is 2. The summed E-state index contributed by atoms with van der Waals surface area (Å²) in [6, 6.07) is 1.35. The topological polar surface area (TPSA) is 128 Å². The molecule has 1 aliphatic rings. The molecule has 8 nitrogen and oxygen atoms in total. The van der Waals surface area contributed by atoms with Crippen molar-refractivity contribution in [3.8, 4) is 0 Å². The van der Waals surface area contributed by atoms with E-state index in [1.807, 2.05) is 0 Å². The number of anilines is 1. The van der Waals surface area contributed by atoms with Crippen molar-refractivity contribution in [3.63, 3.8) is 0 Å². The van der Waals surface area contributed by atoms with Crippen LogP contribution in [-0.2, 0) is 0 Å². The van der Waals surface area contributed by atoms with Crippen molar-refractivity contribution in [2.24, 2.45) is 0 Å². The van der Waals surface area contributed by atoms with E-state index < -0.39 is 28.5 Å². The summed E-state index contributed by atoms with van der Waals surface area (Å²) in [5.74, 6) is -0.00649. The zero-order valence-corrected chi connectivity index (χ0v) is 9.99. The maximum absolute atomic E-state index is 11.7. The van der Waals surface area contributed by atoms with E-state index >= 15 is 0 Å². The largest absolute Gasteiger partial charge is 0.395 e. The van der Waals surface area contributed by atoms with Gasteiger partial charge in [0.1, 0.15) is 11.5 Å². The number of aliphatic hydroxyl groups is 3. The van der Waals surface area contributed by atoms with Crippen molar-refractivity contribution in [1.29, 1.82) is 0 Å². The Morgan fingerprint density at radius 2 is 2.17 bits per heavy atom. The number of aromatic nitrogens is 2. The quantitative estimate of drug-likeness (QED) is 0.416. The molecule has 1 aromatic rings. The summed E-state index contributed by atoms with van der Waals surface area (Å²) in [6.07, 6.45) is -0.923. The molecule has 1 aromatic heterocycles. The molecule has 0 amide bonds. The molecule has 0 spiro atoms. The standard InChI is InChI=1S/C9H13N3O5S/c13-3-4-6(14)7(15)8(18-4)12-2-1-5(11-17)10-9(12)16/h1-2,4,6-8,13-15,17H,3H2,(H,10,11,16)/t4-,6+,7+,8-/m1/s1. The van der Waals surface area contributed by atoms with Gasteiger partial charge < -0.3 is 15.3 Å². The molecule has 5 N–H and O–H groups in total. The molecule has 9 heteroatoms. The van der Waals surface area contributed by atoms with Crippen LogP contribution in [0.5, 0.6) is 0 Å². The molecule has 0 bridgehead atoms. The number of nitrogens with one attached hydrogen (secondary N) is 1. The Labute approximate surface area is 106 Å².